The van der Waals surface area contributed by atoms with Crippen LogP contribution in [0.15, 0.2) is 0 Å². The van der Waals surface area contributed by atoms with E-state index >= 15 is 0 Å². The Morgan fingerprint density at radius 1 is 1.27 bits per heavy atom. The van der Waals surface area contributed by atoms with Gasteiger partial charge in [0, 0.05) is 13.7 Å². The van der Waals surface area contributed by atoms with Gasteiger partial charge in [-0.05, 0) is 50.5 Å². The van der Waals surface area contributed by atoms with Gasteiger partial charge < -0.3 is 15.2 Å². The second kappa shape index (κ2) is 4.40. The van der Waals surface area contributed by atoms with Crippen LogP contribution in [-0.4, -0.2) is 32.5 Å². The third-order valence-electron chi connectivity index (χ3n) is 3.93. The highest BCUT2D eigenvalue weighted by Gasteiger charge is 2.49. The van der Waals surface area contributed by atoms with E-state index in [1.165, 1.54) is 25.7 Å². The standard InChI is InChI=1S/C12H23NO2/c1-14-10-12(4-2-3-7-15-12)8-11(9-13)5-6-11/h2-10,13H2,1H3. The van der Waals surface area contributed by atoms with Crippen molar-refractivity contribution in [3.05, 3.63) is 0 Å². The highest BCUT2D eigenvalue weighted by molar-refractivity contribution is 5.01. The molecule has 0 aromatic carbocycles. The van der Waals surface area contributed by atoms with Crippen LogP contribution < -0.4 is 5.73 Å². The minimum absolute atomic E-state index is 0.0249. The summed E-state index contributed by atoms with van der Waals surface area (Å²) in [7, 11) is 1.77. The molecule has 1 atom stereocenters. The van der Waals surface area contributed by atoms with Crippen LogP contribution in [0.25, 0.3) is 0 Å². The Kier molecular flexibility index (Phi) is 3.33. The Labute approximate surface area is 92.3 Å². The number of nitrogens with two attached hydrogens (primary N) is 1. The lowest BCUT2D eigenvalue weighted by atomic mass is 9.83. The summed E-state index contributed by atoms with van der Waals surface area (Å²) in [6.07, 6.45) is 7.26. The molecule has 3 nitrogen and oxygen atoms in total. The molecule has 2 fully saturated rings. The Morgan fingerprint density at radius 3 is 2.53 bits per heavy atom. The number of rotatable bonds is 5. The van der Waals surface area contributed by atoms with E-state index < -0.39 is 0 Å². The molecule has 1 saturated heterocycles. The van der Waals surface area contributed by atoms with E-state index in [4.69, 9.17) is 15.2 Å². The first kappa shape index (κ1) is 11.4. The second-order valence-electron chi connectivity index (χ2n) is 5.30. The van der Waals surface area contributed by atoms with Crippen LogP contribution in [0.5, 0.6) is 0 Å². The maximum absolute atomic E-state index is 6.00. The van der Waals surface area contributed by atoms with Crippen LogP contribution in [0.3, 0.4) is 0 Å². The van der Waals surface area contributed by atoms with E-state index in [2.05, 4.69) is 0 Å². The van der Waals surface area contributed by atoms with Gasteiger partial charge in [-0.1, -0.05) is 0 Å². The first-order valence-electron chi connectivity index (χ1n) is 6.07. The van der Waals surface area contributed by atoms with Crippen molar-refractivity contribution in [2.45, 2.75) is 44.1 Å². The van der Waals surface area contributed by atoms with Crippen LogP contribution in [0.2, 0.25) is 0 Å². The highest BCUT2D eigenvalue weighted by Crippen LogP contribution is 2.52. The van der Waals surface area contributed by atoms with Gasteiger partial charge in [-0.3, -0.25) is 0 Å². The lowest BCUT2D eigenvalue weighted by molar-refractivity contribution is -0.129. The largest absolute Gasteiger partial charge is 0.382 e. The van der Waals surface area contributed by atoms with Crippen molar-refractivity contribution in [2.75, 3.05) is 26.9 Å². The van der Waals surface area contributed by atoms with Crippen molar-refractivity contribution in [3.63, 3.8) is 0 Å². The van der Waals surface area contributed by atoms with Crippen LogP contribution >= 0.6 is 0 Å². The number of methoxy groups -OCH3 is 1. The van der Waals surface area contributed by atoms with Crippen molar-refractivity contribution >= 4 is 0 Å². The summed E-state index contributed by atoms with van der Waals surface area (Å²) in [6.45, 7) is 2.43. The van der Waals surface area contributed by atoms with Crippen LogP contribution in [0.1, 0.15) is 38.5 Å². The molecular formula is C12H23NO2. The first-order valence-corrected chi connectivity index (χ1v) is 6.07. The van der Waals surface area contributed by atoms with Gasteiger partial charge in [0.2, 0.25) is 0 Å². The van der Waals surface area contributed by atoms with Crippen molar-refractivity contribution in [2.24, 2.45) is 11.1 Å². The normalized spacial score (nSPS) is 34.0. The fourth-order valence-electron chi connectivity index (χ4n) is 2.79. The third kappa shape index (κ3) is 2.52. The molecule has 1 saturated carbocycles. The molecule has 0 aromatic rings. The summed E-state index contributed by atoms with van der Waals surface area (Å²) in [4.78, 5) is 0. The molecule has 1 heterocycles. The van der Waals surface area contributed by atoms with E-state index in [1.807, 2.05) is 0 Å². The zero-order chi connectivity index (χ0) is 10.8. The molecule has 0 radical (unpaired) electrons. The number of hydrogen-bond acceptors (Lipinski definition) is 3. The van der Waals surface area contributed by atoms with Crippen LogP contribution in [0, 0.1) is 5.41 Å². The van der Waals surface area contributed by atoms with Gasteiger partial charge in [0.05, 0.1) is 12.2 Å². The quantitative estimate of drug-likeness (QED) is 0.756. The van der Waals surface area contributed by atoms with E-state index in [-0.39, 0.29) is 5.60 Å². The van der Waals surface area contributed by atoms with Gasteiger partial charge >= 0.3 is 0 Å². The monoisotopic (exact) mass is 213 g/mol. The molecule has 3 heteroatoms. The Balaban J connectivity index is 1.98. The molecule has 0 spiro atoms. The Morgan fingerprint density at radius 2 is 2.07 bits per heavy atom. The van der Waals surface area contributed by atoms with E-state index in [9.17, 15) is 0 Å². The zero-order valence-electron chi connectivity index (χ0n) is 9.76. The molecule has 1 aliphatic carbocycles. The van der Waals surface area contributed by atoms with E-state index in [1.54, 1.807) is 7.11 Å². The SMILES string of the molecule is COCC1(CC2(CN)CC2)CCCCO1. The summed E-state index contributed by atoms with van der Waals surface area (Å²) < 4.78 is 11.3. The van der Waals surface area contributed by atoms with Crippen molar-refractivity contribution in [1.82, 2.24) is 0 Å². The van der Waals surface area contributed by atoms with E-state index in [0.29, 0.717) is 5.41 Å². The van der Waals surface area contributed by atoms with Crippen LogP contribution in [-0.2, 0) is 9.47 Å². The molecule has 2 N–H and O–H groups in total. The fraction of sp³-hybridized carbons (Fsp3) is 1.00. The average molecular weight is 213 g/mol. The summed E-state index contributed by atoms with van der Waals surface area (Å²) in [5, 5.41) is 0. The van der Waals surface area contributed by atoms with E-state index in [0.717, 1.165) is 32.6 Å². The van der Waals surface area contributed by atoms with Gasteiger partial charge in [-0.25, -0.2) is 0 Å². The molecular weight excluding hydrogens is 190 g/mol. The topological polar surface area (TPSA) is 44.5 Å². The van der Waals surface area contributed by atoms with Gasteiger partial charge in [0.15, 0.2) is 0 Å². The molecule has 2 aliphatic rings. The van der Waals surface area contributed by atoms with Gasteiger partial charge in [-0.2, -0.15) is 0 Å². The van der Waals surface area contributed by atoms with Crippen molar-refractivity contribution in [3.8, 4) is 0 Å². The summed E-state index contributed by atoms with van der Waals surface area (Å²) in [6, 6.07) is 0. The van der Waals surface area contributed by atoms with Crippen molar-refractivity contribution < 1.29 is 9.47 Å². The summed E-state index contributed by atoms with van der Waals surface area (Å²) in [5.74, 6) is 0. The Bertz CT molecular complexity index is 202. The first-order chi connectivity index (χ1) is 7.24. The highest BCUT2D eigenvalue weighted by atomic mass is 16.5. The van der Waals surface area contributed by atoms with Crippen LogP contribution in [0.4, 0.5) is 0 Å². The minimum atomic E-state index is -0.0249. The number of hydrogen-bond donors (Lipinski definition) is 1. The summed E-state index contributed by atoms with van der Waals surface area (Å²) >= 11 is 0. The number of ether oxygens (including phenoxy) is 2. The Hall–Kier alpha value is -0.120. The molecule has 88 valence electrons. The van der Waals surface area contributed by atoms with Gasteiger partial charge in [-0.15, -0.1) is 0 Å². The molecule has 0 bridgehead atoms. The summed E-state index contributed by atoms with van der Waals surface area (Å²) in [5.41, 5.74) is 6.20. The molecule has 0 aromatic heterocycles. The smallest absolute Gasteiger partial charge is 0.0920 e. The predicted molar refractivity (Wildman–Crippen MR) is 59.7 cm³/mol. The molecule has 1 aliphatic heterocycles. The fourth-order valence-corrected chi connectivity index (χ4v) is 2.79. The second-order valence-corrected chi connectivity index (χ2v) is 5.30. The minimum Gasteiger partial charge on any atom is -0.382 e. The zero-order valence-corrected chi connectivity index (χ0v) is 9.76. The maximum Gasteiger partial charge on any atom is 0.0920 e. The van der Waals surface area contributed by atoms with Crippen molar-refractivity contribution in [1.29, 1.82) is 0 Å². The molecule has 0 amide bonds. The lowest BCUT2D eigenvalue weighted by Crippen LogP contribution is -2.44. The predicted octanol–water partition coefficient (Wildman–Crippen LogP) is 1.70. The van der Waals surface area contributed by atoms with Gasteiger partial charge in [0.25, 0.3) is 0 Å². The maximum atomic E-state index is 6.00. The molecule has 1 unspecified atom stereocenters. The lowest BCUT2D eigenvalue weighted by Gasteiger charge is -2.39. The third-order valence-corrected chi connectivity index (χ3v) is 3.93. The average Bonchev–Trinajstić information content (AvgIpc) is 3.00. The molecule has 2 rings (SSSR count). The molecule has 15 heavy (non-hydrogen) atoms. The van der Waals surface area contributed by atoms with Gasteiger partial charge in [0.1, 0.15) is 0 Å².